The van der Waals surface area contributed by atoms with Crippen LogP contribution in [-0.4, -0.2) is 16.0 Å². The molecule has 2 aromatic rings. The fourth-order valence-electron chi connectivity index (χ4n) is 2.77. The zero-order chi connectivity index (χ0) is 13.3. The maximum absolute atomic E-state index is 4.58. The van der Waals surface area contributed by atoms with E-state index in [0.29, 0.717) is 11.5 Å². The van der Waals surface area contributed by atoms with Gasteiger partial charge in [-0.05, 0) is 37.2 Å². The van der Waals surface area contributed by atoms with Gasteiger partial charge < -0.3 is 5.32 Å². The SMILES string of the molecule is CC1(C)CCC(Nc2ncc3ccccc3n2)CC1. The summed E-state index contributed by atoms with van der Waals surface area (Å²) in [5.74, 6) is 0.767. The third-order valence-corrected chi connectivity index (χ3v) is 4.16. The molecule has 1 aliphatic rings. The molecular weight excluding hydrogens is 234 g/mol. The van der Waals surface area contributed by atoms with Crippen molar-refractivity contribution in [3.05, 3.63) is 30.5 Å². The second-order valence-corrected chi connectivity index (χ2v) is 6.34. The van der Waals surface area contributed by atoms with E-state index in [1.165, 1.54) is 25.7 Å². The van der Waals surface area contributed by atoms with Gasteiger partial charge in [-0.3, -0.25) is 0 Å². The summed E-state index contributed by atoms with van der Waals surface area (Å²) in [7, 11) is 0. The van der Waals surface area contributed by atoms with Crippen molar-refractivity contribution in [3.8, 4) is 0 Å². The molecule has 0 bridgehead atoms. The van der Waals surface area contributed by atoms with E-state index in [9.17, 15) is 0 Å². The van der Waals surface area contributed by atoms with Gasteiger partial charge in [0, 0.05) is 17.6 Å². The van der Waals surface area contributed by atoms with Gasteiger partial charge in [-0.1, -0.05) is 32.0 Å². The lowest BCUT2D eigenvalue weighted by Crippen LogP contribution is -2.30. The molecule has 1 aliphatic carbocycles. The van der Waals surface area contributed by atoms with Crippen molar-refractivity contribution < 1.29 is 0 Å². The van der Waals surface area contributed by atoms with Crippen LogP contribution in [0.3, 0.4) is 0 Å². The standard InChI is InChI=1S/C16H21N3/c1-16(2)9-7-13(8-10-16)18-15-17-11-12-5-3-4-6-14(12)19-15/h3-6,11,13H,7-10H2,1-2H3,(H,17,18,19). The van der Waals surface area contributed by atoms with Gasteiger partial charge >= 0.3 is 0 Å². The van der Waals surface area contributed by atoms with E-state index in [1.54, 1.807) is 0 Å². The summed E-state index contributed by atoms with van der Waals surface area (Å²) in [5, 5.41) is 4.58. The van der Waals surface area contributed by atoms with E-state index in [4.69, 9.17) is 0 Å². The van der Waals surface area contributed by atoms with Gasteiger partial charge in [0.05, 0.1) is 5.52 Å². The van der Waals surface area contributed by atoms with Crippen LogP contribution in [0.4, 0.5) is 5.95 Å². The second-order valence-electron chi connectivity index (χ2n) is 6.34. The Morgan fingerprint density at radius 2 is 1.89 bits per heavy atom. The van der Waals surface area contributed by atoms with Gasteiger partial charge in [-0.15, -0.1) is 0 Å². The number of rotatable bonds is 2. The maximum Gasteiger partial charge on any atom is 0.223 e. The Morgan fingerprint density at radius 3 is 2.68 bits per heavy atom. The molecule has 0 unspecified atom stereocenters. The first-order chi connectivity index (χ1) is 9.12. The molecule has 1 heterocycles. The fourth-order valence-corrected chi connectivity index (χ4v) is 2.77. The van der Waals surface area contributed by atoms with Gasteiger partial charge in [0.2, 0.25) is 5.95 Å². The third kappa shape index (κ3) is 2.86. The lowest BCUT2D eigenvalue weighted by atomic mass is 9.76. The van der Waals surface area contributed by atoms with Crippen LogP contribution >= 0.6 is 0 Å². The van der Waals surface area contributed by atoms with Crippen LogP contribution in [0.2, 0.25) is 0 Å². The van der Waals surface area contributed by atoms with Crippen molar-refractivity contribution in [1.82, 2.24) is 9.97 Å². The van der Waals surface area contributed by atoms with Gasteiger partial charge in [0.15, 0.2) is 0 Å². The van der Waals surface area contributed by atoms with Crippen LogP contribution < -0.4 is 5.32 Å². The number of benzene rings is 1. The molecule has 1 fully saturated rings. The average Bonchev–Trinajstić information content (AvgIpc) is 2.41. The Hall–Kier alpha value is -1.64. The van der Waals surface area contributed by atoms with Crippen molar-refractivity contribution in [2.45, 2.75) is 45.6 Å². The molecule has 3 rings (SSSR count). The number of hydrogen-bond donors (Lipinski definition) is 1. The van der Waals surface area contributed by atoms with Crippen molar-refractivity contribution >= 4 is 16.9 Å². The van der Waals surface area contributed by atoms with Crippen LogP contribution in [0, 0.1) is 5.41 Å². The molecule has 0 radical (unpaired) electrons. The predicted molar refractivity (Wildman–Crippen MR) is 79.2 cm³/mol. The van der Waals surface area contributed by atoms with Crippen molar-refractivity contribution in [1.29, 1.82) is 0 Å². The number of para-hydroxylation sites is 1. The number of fused-ring (bicyclic) bond motifs is 1. The van der Waals surface area contributed by atoms with Crippen LogP contribution in [0.1, 0.15) is 39.5 Å². The van der Waals surface area contributed by atoms with Crippen LogP contribution in [0.5, 0.6) is 0 Å². The van der Waals surface area contributed by atoms with E-state index in [1.807, 2.05) is 30.5 Å². The number of aromatic nitrogens is 2. The van der Waals surface area contributed by atoms with Gasteiger partial charge in [0.1, 0.15) is 0 Å². The van der Waals surface area contributed by atoms with E-state index < -0.39 is 0 Å². The highest BCUT2D eigenvalue weighted by molar-refractivity contribution is 5.78. The Bertz CT molecular complexity index is 567. The van der Waals surface area contributed by atoms with Crippen LogP contribution in [-0.2, 0) is 0 Å². The lowest BCUT2D eigenvalue weighted by Gasteiger charge is -2.34. The molecule has 3 nitrogen and oxygen atoms in total. The number of anilines is 1. The smallest absolute Gasteiger partial charge is 0.223 e. The van der Waals surface area contributed by atoms with E-state index in [0.717, 1.165) is 16.9 Å². The van der Waals surface area contributed by atoms with Crippen LogP contribution in [0.25, 0.3) is 10.9 Å². The Labute approximate surface area is 114 Å². The first kappa shape index (κ1) is 12.4. The molecule has 0 spiro atoms. The summed E-state index contributed by atoms with van der Waals surface area (Å²) in [4.78, 5) is 9.00. The van der Waals surface area contributed by atoms with Gasteiger partial charge in [-0.25, -0.2) is 9.97 Å². The predicted octanol–water partition coefficient (Wildman–Crippen LogP) is 4.01. The molecule has 1 aromatic heterocycles. The maximum atomic E-state index is 4.58. The quantitative estimate of drug-likeness (QED) is 0.881. The number of nitrogens with zero attached hydrogens (tertiary/aromatic N) is 2. The summed E-state index contributed by atoms with van der Waals surface area (Å²) >= 11 is 0. The Balaban J connectivity index is 1.72. The molecule has 19 heavy (non-hydrogen) atoms. The van der Waals surface area contributed by atoms with Crippen molar-refractivity contribution in [2.24, 2.45) is 5.41 Å². The topological polar surface area (TPSA) is 37.8 Å². The Kier molecular flexibility index (Phi) is 3.13. The zero-order valence-corrected chi connectivity index (χ0v) is 11.7. The average molecular weight is 255 g/mol. The molecule has 0 amide bonds. The molecule has 1 saturated carbocycles. The van der Waals surface area contributed by atoms with Crippen LogP contribution in [0.15, 0.2) is 30.5 Å². The summed E-state index contributed by atoms with van der Waals surface area (Å²) in [6, 6.07) is 8.63. The molecular formula is C16H21N3. The first-order valence-corrected chi connectivity index (χ1v) is 7.11. The number of nitrogens with one attached hydrogen (secondary N) is 1. The largest absolute Gasteiger partial charge is 0.351 e. The van der Waals surface area contributed by atoms with Gasteiger partial charge in [-0.2, -0.15) is 0 Å². The lowest BCUT2D eigenvalue weighted by molar-refractivity contribution is 0.232. The zero-order valence-electron chi connectivity index (χ0n) is 11.7. The summed E-state index contributed by atoms with van der Waals surface area (Å²) in [5.41, 5.74) is 1.51. The highest BCUT2D eigenvalue weighted by Gasteiger charge is 2.26. The Morgan fingerprint density at radius 1 is 1.16 bits per heavy atom. The van der Waals surface area contributed by atoms with E-state index in [2.05, 4.69) is 29.1 Å². The minimum atomic E-state index is 0.502. The molecule has 0 saturated heterocycles. The van der Waals surface area contributed by atoms with Crippen molar-refractivity contribution in [2.75, 3.05) is 5.32 Å². The monoisotopic (exact) mass is 255 g/mol. The molecule has 1 aromatic carbocycles. The van der Waals surface area contributed by atoms with Crippen molar-refractivity contribution in [3.63, 3.8) is 0 Å². The van der Waals surface area contributed by atoms with E-state index >= 15 is 0 Å². The second kappa shape index (κ2) is 4.80. The molecule has 100 valence electrons. The summed E-state index contributed by atoms with van der Waals surface area (Å²) in [6.07, 6.45) is 6.88. The minimum absolute atomic E-state index is 0.502. The highest BCUT2D eigenvalue weighted by Crippen LogP contribution is 2.35. The molecule has 0 aliphatic heterocycles. The molecule has 0 atom stereocenters. The normalized spacial score (nSPS) is 19.5. The first-order valence-electron chi connectivity index (χ1n) is 7.11. The fraction of sp³-hybridized carbons (Fsp3) is 0.500. The van der Waals surface area contributed by atoms with E-state index in [-0.39, 0.29) is 0 Å². The number of hydrogen-bond acceptors (Lipinski definition) is 3. The molecule has 3 heteroatoms. The minimum Gasteiger partial charge on any atom is -0.351 e. The third-order valence-electron chi connectivity index (χ3n) is 4.16. The van der Waals surface area contributed by atoms with Gasteiger partial charge in [0.25, 0.3) is 0 Å². The summed E-state index contributed by atoms with van der Waals surface area (Å²) in [6.45, 7) is 4.71. The summed E-state index contributed by atoms with van der Waals surface area (Å²) < 4.78 is 0. The highest BCUT2D eigenvalue weighted by atomic mass is 15.1. The molecule has 1 N–H and O–H groups in total.